The highest BCUT2D eigenvalue weighted by Crippen LogP contribution is 2.38. The number of aryl methyl sites for hydroxylation is 2. The van der Waals surface area contributed by atoms with E-state index < -0.39 is 5.91 Å². The lowest BCUT2D eigenvalue weighted by atomic mass is 10.1. The van der Waals surface area contributed by atoms with Gasteiger partial charge in [0.05, 0.1) is 11.6 Å². The van der Waals surface area contributed by atoms with Crippen LogP contribution in [0.2, 0.25) is 0 Å². The first-order valence-electron chi connectivity index (χ1n) is 10.1. The highest BCUT2D eigenvalue weighted by Gasteiger charge is 2.14. The smallest absolute Gasteiger partial charge is 0.266 e. The van der Waals surface area contributed by atoms with Crippen LogP contribution in [0.3, 0.4) is 0 Å². The zero-order valence-electron chi connectivity index (χ0n) is 18.4. The first-order chi connectivity index (χ1) is 15.8. The van der Waals surface area contributed by atoms with Gasteiger partial charge in [0, 0.05) is 10.2 Å². The monoisotopic (exact) mass is 568 g/mol. The van der Waals surface area contributed by atoms with Gasteiger partial charge in [-0.1, -0.05) is 34.1 Å². The van der Waals surface area contributed by atoms with Gasteiger partial charge in [-0.3, -0.25) is 4.79 Å². The van der Waals surface area contributed by atoms with Gasteiger partial charge < -0.3 is 14.8 Å². The van der Waals surface area contributed by atoms with Gasteiger partial charge in [-0.15, -0.1) is 0 Å². The number of anilines is 1. The minimum absolute atomic E-state index is 0.0318. The molecule has 3 aromatic carbocycles. The van der Waals surface area contributed by atoms with Crippen molar-refractivity contribution in [2.24, 2.45) is 0 Å². The van der Waals surface area contributed by atoms with Crippen LogP contribution in [0.1, 0.15) is 22.3 Å². The molecular formula is C26H22Br2N2O3. The number of rotatable bonds is 7. The van der Waals surface area contributed by atoms with E-state index in [1.54, 1.807) is 31.4 Å². The molecule has 1 N–H and O–H groups in total. The van der Waals surface area contributed by atoms with Gasteiger partial charge in [0.25, 0.3) is 5.91 Å². The number of nitriles is 1. The number of benzene rings is 3. The maximum Gasteiger partial charge on any atom is 0.266 e. The van der Waals surface area contributed by atoms with Crippen LogP contribution in [0, 0.1) is 25.2 Å². The molecule has 0 fully saturated rings. The molecule has 7 heteroatoms. The summed E-state index contributed by atoms with van der Waals surface area (Å²) >= 11 is 6.88. The normalized spacial score (nSPS) is 11.0. The van der Waals surface area contributed by atoms with Crippen molar-refractivity contribution < 1.29 is 14.3 Å². The van der Waals surface area contributed by atoms with Crippen LogP contribution < -0.4 is 14.8 Å². The predicted octanol–water partition coefficient (Wildman–Crippen LogP) is 6.96. The molecule has 33 heavy (non-hydrogen) atoms. The molecule has 0 aliphatic carbocycles. The van der Waals surface area contributed by atoms with E-state index in [2.05, 4.69) is 63.2 Å². The minimum atomic E-state index is -0.495. The Balaban J connectivity index is 1.81. The van der Waals surface area contributed by atoms with Gasteiger partial charge in [0.2, 0.25) is 0 Å². The van der Waals surface area contributed by atoms with Crippen LogP contribution >= 0.6 is 31.9 Å². The van der Waals surface area contributed by atoms with E-state index in [1.807, 2.05) is 24.3 Å². The Morgan fingerprint density at radius 2 is 1.79 bits per heavy atom. The van der Waals surface area contributed by atoms with Gasteiger partial charge in [-0.05, 0) is 94.5 Å². The lowest BCUT2D eigenvalue weighted by molar-refractivity contribution is -0.112. The molecule has 0 saturated heterocycles. The summed E-state index contributed by atoms with van der Waals surface area (Å²) in [5.41, 5.74) is 4.67. The summed E-state index contributed by atoms with van der Waals surface area (Å²) in [7, 11) is 1.55. The summed E-state index contributed by atoms with van der Waals surface area (Å²) in [5.74, 6) is 0.542. The third-order valence-electron chi connectivity index (χ3n) is 4.98. The van der Waals surface area contributed by atoms with Crippen molar-refractivity contribution in [2.45, 2.75) is 20.5 Å². The van der Waals surface area contributed by atoms with E-state index >= 15 is 0 Å². The minimum Gasteiger partial charge on any atom is -0.493 e. The molecule has 0 aliphatic rings. The number of nitrogens with zero attached hydrogens (tertiary/aromatic N) is 1. The SMILES string of the molecule is COc1cc(/C=C(\C#N)C(=O)Nc2ccc(Br)cc2)cc(Br)c1OCc1ccc(C)c(C)c1. The third-order valence-corrected chi connectivity index (χ3v) is 6.10. The fraction of sp³-hybridized carbons (Fsp3) is 0.154. The second-order valence-corrected chi connectivity index (χ2v) is 9.14. The van der Waals surface area contributed by atoms with Crippen LogP contribution in [0.4, 0.5) is 5.69 Å². The third kappa shape index (κ3) is 6.47. The molecule has 0 bridgehead atoms. The first-order valence-corrected chi connectivity index (χ1v) is 11.6. The average Bonchev–Trinajstić information content (AvgIpc) is 2.80. The zero-order valence-corrected chi connectivity index (χ0v) is 21.6. The lowest BCUT2D eigenvalue weighted by Crippen LogP contribution is -2.13. The van der Waals surface area contributed by atoms with Crippen LogP contribution in [-0.4, -0.2) is 13.0 Å². The second kappa shape index (κ2) is 11.2. The van der Waals surface area contributed by atoms with E-state index in [9.17, 15) is 10.1 Å². The summed E-state index contributed by atoms with van der Waals surface area (Å²) in [4.78, 5) is 12.6. The Labute approximate surface area is 210 Å². The van der Waals surface area contributed by atoms with Gasteiger partial charge >= 0.3 is 0 Å². The molecule has 3 rings (SSSR count). The second-order valence-electron chi connectivity index (χ2n) is 7.37. The topological polar surface area (TPSA) is 71.3 Å². The Hall–Kier alpha value is -3.08. The largest absolute Gasteiger partial charge is 0.493 e. The fourth-order valence-electron chi connectivity index (χ4n) is 3.06. The number of hydrogen-bond donors (Lipinski definition) is 1. The molecule has 0 spiro atoms. The Kier molecular flexibility index (Phi) is 8.32. The average molecular weight is 570 g/mol. The quantitative estimate of drug-likeness (QED) is 0.246. The van der Waals surface area contributed by atoms with Gasteiger partial charge in [-0.2, -0.15) is 5.26 Å². The standard InChI is InChI=1S/C26H22Br2N2O3/c1-16-4-5-18(10-17(16)2)15-33-25-23(28)12-19(13-24(25)32-3)11-20(14-29)26(31)30-22-8-6-21(27)7-9-22/h4-13H,15H2,1-3H3,(H,30,31)/b20-11+. The number of amides is 1. The molecule has 0 saturated carbocycles. The molecule has 5 nitrogen and oxygen atoms in total. The van der Waals surface area contributed by atoms with Crippen molar-refractivity contribution in [1.29, 1.82) is 5.26 Å². The number of ether oxygens (including phenoxy) is 2. The Morgan fingerprint density at radius 3 is 2.42 bits per heavy atom. The van der Waals surface area contributed by atoms with E-state index in [-0.39, 0.29) is 5.57 Å². The maximum absolute atomic E-state index is 12.6. The lowest BCUT2D eigenvalue weighted by Gasteiger charge is -2.14. The van der Waals surface area contributed by atoms with Crippen molar-refractivity contribution >= 4 is 49.5 Å². The van der Waals surface area contributed by atoms with Gasteiger partial charge in [0.1, 0.15) is 18.2 Å². The number of carbonyl (C=O) groups is 1. The summed E-state index contributed by atoms with van der Waals surface area (Å²) in [6, 6.07) is 18.8. The molecule has 168 valence electrons. The predicted molar refractivity (Wildman–Crippen MR) is 137 cm³/mol. The molecule has 0 unspecified atom stereocenters. The van der Waals surface area contributed by atoms with Crippen molar-refractivity contribution in [3.8, 4) is 17.6 Å². The zero-order chi connectivity index (χ0) is 24.0. The van der Waals surface area contributed by atoms with E-state index in [1.165, 1.54) is 17.2 Å². The molecule has 0 aliphatic heterocycles. The first kappa shape index (κ1) is 24.6. The highest BCUT2D eigenvalue weighted by molar-refractivity contribution is 9.10. The fourth-order valence-corrected chi connectivity index (χ4v) is 3.90. The molecular weight excluding hydrogens is 548 g/mol. The summed E-state index contributed by atoms with van der Waals surface area (Å²) < 4.78 is 13.1. The van der Waals surface area contributed by atoms with E-state index in [0.29, 0.717) is 33.8 Å². The van der Waals surface area contributed by atoms with Crippen molar-refractivity contribution in [2.75, 3.05) is 12.4 Å². The van der Waals surface area contributed by atoms with Gasteiger partial charge in [-0.25, -0.2) is 0 Å². The van der Waals surface area contributed by atoms with Crippen molar-refractivity contribution in [3.63, 3.8) is 0 Å². The molecule has 1 amide bonds. The number of hydrogen-bond acceptors (Lipinski definition) is 4. The van der Waals surface area contributed by atoms with Crippen LogP contribution in [-0.2, 0) is 11.4 Å². The number of carbonyl (C=O) groups excluding carboxylic acids is 1. The number of halogens is 2. The molecule has 0 heterocycles. The van der Waals surface area contributed by atoms with Crippen molar-refractivity contribution in [3.05, 3.63) is 91.4 Å². The molecule has 0 radical (unpaired) electrons. The van der Waals surface area contributed by atoms with E-state index in [0.717, 1.165) is 10.0 Å². The molecule has 0 aromatic heterocycles. The van der Waals surface area contributed by atoms with Crippen molar-refractivity contribution in [1.82, 2.24) is 0 Å². The molecule has 0 atom stereocenters. The molecule has 3 aromatic rings. The summed E-state index contributed by atoms with van der Waals surface area (Å²) in [5, 5.41) is 12.3. The number of methoxy groups -OCH3 is 1. The van der Waals surface area contributed by atoms with Crippen LogP contribution in [0.5, 0.6) is 11.5 Å². The van der Waals surface area contributed by atoms with Crippen LogP contribution in [0.25, 0.3) is 6.08 Å². The summed E-state index contributed by atoms with van der Waals surface area (Å²) in [6.45, 7) is 4.51. The number of nitrogens with one attached hydrogen (secondary N) is 1. The Bertz CT molecular complexity index is 1250. The van der Waals surface area contributed by atoms with E-state index in [4.69, 9.17) is 9.47 Å². The van der Waals surface area contributed by atoms with Gasteiger partial charge in [0.15, 0.2) is 11.5 Å². The highest BCUT2D eigenvalue weighted by atomic mass is 79.9. The Morgan fingerprint density at radius 1 is 1.06 bits per heavy atom. The van der Waals surface area contributed by atoms with Crippen LogP contribution in [0.15, 0.2) is 69.1 Å². The summed E-state index contributed by atoms with van der Waals surface area (Å²) in [6.07, 6.45) is 1.51. The maximum atomic E-state index is 12.6.